The first-order chi connectivity index (χ1) is 5.29. The highest BCUT2D eigenvalue weighted by atomic mass is 79.9. The zero-order valence-electron chi connectivity index (χ0n) is 6.08. The second-order valence-corrected chi connectivity index (χ2v) is 3.25. The van der Waals surface area contributed by atoms with Crippen LogP contribution in [-0.4, -0.2) is 9.38 Å². The quantitative estimate of drug-likeness (QED) is 0.653. The van der Waals surface area contributed by atoms with Crippen LogP contribution in [0.5, 0.6) is 0 Å². The van der Waals surface area contributed by atoms with E-state index >= 15 is 0 Å². The van der Waals surface area contributed by atoms with Crippen molar-refractivity contribution < 1.29 is 0 Å². The van der Waals surface area contributed by atoms with Crippen molar-refractivity contribution in [2.75, 3.05) is 0 Å². The lowest BCUT2D eigenvalue weighted by Gasteiger charge is -1.98. The summed E-state index contributed by atoms with van der Waals surface area (Å²) in [6.45, 7) is 2.06. The Balaban J connectivity index is 2.96. The summed E-state index contributed by atoms with van der Waals surface area (Å²) in [5, 5.41) is 0. The van der Waals surface area contributed by atoms with Crippen molar-refractivity contribution in [2.45, 2.75) is 6.92 Å². The fourth-order valence-corrected chi connectivity index (χ4v) is 1.72. The van der Waals surface area contributed by atoms with Crippen molar-refractivity contribution in [3.63, 3.8) is 0 Å². The van der Waals surface area contributed by atoms with Crippen molar-refractivity contribution in [1.82, 2.24) is 9.38 Å². The second kappa shape index (κ2) is 2.34. The Morgan fingerprint density at radius 2 is 2.27 bits per heavy atom. The molecule has 2 aromatic rings. The van der Waals surface area contributed by atoms with Crippen LogP contribution in [0.3, 0.4) is 0 Å². The van der Waals surface area contributed by atoms with E-state index in [2.05, 4.69) is 38.3 Å². The van der Waals surface area contributed by atoms with E-state index in [1.165, 1.54) is 5.69 Å². The molecule has 2 aromatic heterocycles. The molecule has 2 nitrogen and oxygen atoms in total. The molecule has 0 atom stereocenters. The van der Waals surface area contributed by atoms with Crippen molar-refractivity contribution in [1.29, 1.82) is 0 Å². The van der Waals surface area contributed by atoms with Crippen LogP contribution in [0, 0.1) is 6.92 Å². The number of nitrogens with zero attached hydrogens (tertiary/aromatic N) is 2. The van der Waals surface area contributed by atoms with E-state index in [0.29, 0.717) is 0 Å². The predicted molar refractivity (Wildman–Crippen MR) is 47.6 cm³/mol. The topological polar surface area (TPSA) is 17.3 Å². The molecule has 0 unspecified atom stereocenters. The lowest BCUT2D eigenvalue weighted by molar-refractivity contribution is 1.07. The molecule has 0 bridgehead atoms. The second-order valence-electron chi connectivity index (χ2n) is 2.44. The maximum absolute atomic E-state index is 4.20. The van der Waals surface area contributed by atoms with Crippen LogP contribution >= 0.6 is 15.9 Å². The van der Waals surface area contributed by atoms with Crippen LogP contribution in [-0.2, 0) is 0 Å². The number of fused-ring (bicyclic) bond motifs is 1. The van der Waals surface area contributed by atoms with E-state index in [0.717, 1.165) is 10.3 Å². The minimum Gasteiger partial charge on any atom is -0.291 e. The van der Waals surface area contributed by atoms with Crippen molar-refractivity contribution >= 4 is 21.6 Å². The maximum atomic E-state index is 4.20. The number of rotatable bonds is 0. The third-order valence-corrected chi connectivity index (χ3v) is 2.24. The molecule has 0 saturated heterocycles. The van der Waals surface area contributed by atoms with Gasteiger partial charge in [-0.05, 0) is 35.0 Å². The third kappa shape index (κ3) is 0.959. The summed E-state index contributed by atoms with van der Waals surface area (Å²) < 4.78 is 3.06. The predicted octanol–water partition coefficient (Wildman–Crippen LogP) is 2.41. The minimum atomic E-state index is 0.983. The number of imidazole rings is 1. The molecule has 56 valence electrons. The van der Waals surface area contributed by atoms with Gasteiger partial charge >= 0.3 is 0 Å². The average Bonchev–Trinajstić information content (AvgIpc) is 2.34. The summed E-state index contributed by atoms with van der Waals surface area (Å²) in [6.07, 6.45) is 1.81. The first-order valence-corrected chi connectivity index (χ1v) is 4.17. The van der Waals surface area contributed by atoms with Crippen LogP contribution in [0.2, 0.25) is 0 Å². The van der Waals surface area contributed by atoms with E-state index in [-0.39, 0.29) is 0 Å². The summed E-state index contributed by atoms with van der Waals surface area (Å²) in [5.41, 5.74) is 2.17. The van der Waals surface area contributed by atoms with Crippen LogP contribution in [0.1, 0.15) is 5.69 Å². The van der Waals surface area contributed by atoms with Gasteiger partial charge in [0.1, 0.15) is 10.3 Å². The molecule has 11 heavy (non-hydrogen) atoms. The molecule has 0 fully saturated rings. The maximum Gasteiger partial charge on any atom is 0.137 e. The molecule has 0 radical (unpaired) electrons. The van der Waals surface area contributed by atoms with Gasteiger partial charge in [-0.15, -0.1) is 0 Å². The van der Waals surface area contributed by atoms with E-state index in [4.69, 9.17) is 0 Å². The van der Waals surface area contributed by atoms with Gasteiger partial charge in [-0.1, -0.05) is 6.07 Å². The molecule has 0 saturated carbocycles. The van der Waals surface area contributed by atoms with Gasteiger partial charge < -0.3 is 0 Å². The molecular weight excluding hydrogens is 204 g/mol. The minimum absolute atomic E-state index is 0.983. The van der Waals surface area contributed by atoms with Gasteiger partial charge in [0, 0.05) is 5.69 Å². The molecule has 0 spiro atoms. The zero-order valence-corrected chi connectivity index (χ0v) is 7.67. The van der Waals surface area contributed by atoms with Crippen molar-refractivity contribution in [3.8, 4) is 0 Å². The molecule has 2 rings (SSSR count). The molecule has 3 heteroatoms. The van der Waals surface area contributed by atoms with Gasteiger partial charge in [-0.25, -0.2) is 4.98 Å². The Morgan fingerprint density at radius 1 is 1.45 bits per heavy atom. The summed E-state index contributed by atoms with van der Waals surface area (Å²) >= 11 is 3.42. The Hall–Kier alpha value is -0.830. The van der Waals surface area contributed by atoms with Gasteiger partial charge in [-0.3, -0.25) is 4.40 Å². The fourth-order valence-electron chi connectivity index (χ4n) is 1.16. The number of halogens is 1. The average molecular weight is 211 g/mol. The van der Waals surface area contributed by atoms with E-state index in [9.17, 15) is 0 Å². The monoisotopic (exact) mass is 210 g/mol. The van der Waals surface area contributed by atoms with Crippen molar-refractivity contribution in [2.24, 2.45) is 0 Å². The van der Waals surface area contributed by atoms with E-state index in [1.807, 2.05) is 18.3 Å². The summed E-state index contributed by atoms with van der Waals surface area (Å²) in [4.78, 5) is 4.20. The van der Waals surface area contributed by atoms with E-state index < -0.39 is 0 Å². The Morgan fingerprint density at radius 3 is 3.00 bits per heavy atom. The Kier molecular flexibility index (Phi) is 1.46. The highest BCUT2D eigenvalue weighted by Crippen LogP contribution is 2.14. The van der Waals surface area contributed by atoms with Crippen LogP contribution in [0.4, 0.5) is 0 Å². The first-order valence-electron chi connectivity index (χ1n) is 3.37. The summed E-state index contributed by atoms with van der Waals surface area (Å²) in [5.74, 6) is 0. The summed E-state index contributed by atoms with van der Waals surface area (Å²) in [7, 11) is 0. The number of aromatic nitrogens is 2. The van der Waals surface area contributed by atoms with Gasteiger partial charge in [-0.2, -0.15) is 0 Å². The first kappa shape index (κ1) is 6.85. The molecule has 0 aliphatic heterocycles. The Labute approximate surface area is 73.0 Å². The lowest BCUT2D eigenvalue weighted by atomic mass is 10.4. The van der Waals surface area contributed by atoms with Gasteiger partial charge in [0.05, 0.1) is 6.20 Å². The normalized spacial score (nSPS) is 10.7. The number of hydrogen-bond acceptors (Lipinski definition) is 1. The third-order valence-electron chi connectivity index (χ3n) is 1.68. The molecule has 0 aliphatic carbocycles. The number of pyridine rings is 1. The highest BCUT2D eigenvalue weighted by Gasteiger charge is 1.99. The molecule has 0 amide bonds. The van der Waals surface area contributed by atoms with Crippen molar-refractivity contribution in [3.05, 3.63) is 34.7 Å². The number of hydrogen-bond donors (Lipinski definition) is 0. The van der Waals surface area contributed by atoms with Gasteiger partial charge in [0.25, 0.3) is 0 Å². The van der Waals surface area contributed by atoms with Crippen LogP contribution in [0.15, 0.2) is 29.0 Å². The lowest BCUT2D eigenvalue weighted by Crippen LogP contribution is -1.89. The molecule has 2 heterocycles. The summed E-state index contributed by atoms with van der Waals surface area (Å²) in [6, 6.07) is 6.04. The highest BCUT2D eigenvalue weighted by molar-refractivity contribution is 9.10. The van der Waals surface area contributed by atoms with Gasteiger partial charge in [0.15, 0.2) is 0 Å². The fraction of sp³-hybridized carbons (Fsp3) is 0.125. The van der Waals surface area contributed by atoms with E-state index in [1.54, 1.807) is 0 Å². The SMILES string of the molecule is Cc1cccc2ncc(Br)n12. The largest absolute Gasteiger partial charge is 0.291 e. The van der Waals surface area contributed by atoms with Crippen LogP contribution < -0.4 is 0 Å². The molecule has 0 N–H and O–H groups in total. The standard InChI is InChI=1S/C8H7BrN2/c1-6-3-2-4-8-10-5-7(9)11(6)8/h2-5H,1H3. The van der Waals surface area contributed by atoms with Crippen LogP contribution in [0.25, 0.3) is 5.65 Å². The Bertz CT molecular complexity index is 392. The molecule has 0 aliphatic rings. The molecule has 0 aromatic carbocycles. The number of aryl methyl sites for hydroxylation is 1. The van der Waals surface area contributed by atoms with Gasteiger partial charge in [0.2, 0.25) is 0 Å². The molecular formula is C8H7BrN2. The smallest absolute Gasteiger partial charge is 0.137 e. The zero-order chi connectivity index (χ0) is 7.84.